The first kappa shape index (κ1) is 18.9. The Morgan fingerprint density at radius 1 is 0.923 bits per heavy atom. The topological polar surface area (TPSA) is 55.8 Å². The number of aliphatic hydroxyl groups is 1. The number of carbonyl (C=O) groups excluding carboxylic acids is 1. The molecule has 0 radical (unpaired) electrons. The minimum Gasteiger partial charge on any atom is -0.389 e. The van der Waals surface area contributed by atoms with E-state index < -0.39 is 16.8 Å². The lowest BCUT2D eigenvalue weighted by Gasteiger charge is -2.67. The van der Waals surface area contributed by atoms with Gasteiger partial charge in [-0.15, -0.1) is 0 Å². The number of ether oxygens (including phenoxy) is 2. The van der Waals surface area contributed by atoms with Gasteiger partial charge in [0.2, 0.25) is 0 Å². The molecule has 4 rings (SSSR count). The summed E-state index contributed by atoms with van der Waals surface area (Å²) in [4.78, 5) is 12.6. The lowest BCUT2D eigenvalue weighted by atomic mass is 9.39. The fraction of sp³-hybridized carbons (Fsp3) is 0.955. The van der Waals surface area contributed by atoms with Crippen molar-refractivity contribution in [3.8, 4) is 0 Å². The van der Waals surface area contributed by atoms with Crippen molar-refractivity contribution in [2.24, 2.45) is 28.1 Å². The summed E-state index contributed by atoms with van der Waals surface area (Å²) < 4.78 is 11.7. The van der Waals surface area contributed by atoms with Gasteiger partial charge in [0.1, 0.15) is 5.78 Å². The van der Waals surface area contributed by atoms with Crippen LogP contribution in [0.25, 0.3) is 0 Å². The van der Waals surface area contributed by atoms with Crippen LogP contribution in [-0.2, 0) is 14.3 Å². The van der Waals surface area contributed by atoms with Crippen LogP contribution in [0.3, 0.4) is 0 Å². The van der Waals surface area contributed by atoms with Crippen LogP contribution >= 0.6 is 0 Å². The summed E-state index contributed by atoms with van der Waals surface area (Å²) in [7, 11) is 3.53. The van der Waals surface area contributed by atoms with Gasteiger partial charge in [-0.1, -0.05) is 13.8 Å². The molecule has 0 heterocycles. The third kappa shape index (κ3) is 2.04. The molecule has 4 aliphatic rings. The van der Waals surface area contributed by atoms with Crippen molar-refractivity contribution in [3.05, 3.63) is 0 Å². The Morgan fingerprint density at radius 2 is 1.58 bits per heavy atom. The summed E-state index contributed by atoms with van der Waals surface area (Å²) in [6.07, 6.45) is 8.10. The summed E-state index contributed by atoms with van der Waals surface area (Å²) in [5.74, 6) is 0.559. The highest BCUT2D eigenvalue weighted by Crippen LogP contribution is 2.71. The van der Waals surface area contributed by atoms with E-state index in [1.54, 1.807) is 14.2 Å². The van der Waals surface area contributed by atoms with Crippen LogP contribution < -0.4 is 0 Å². The van der Waals surface area contributed by atoms with Gasteiger partial charge in [-0.05, 0) is 68.1 Å². The molecule has 4 heteroatoms. The van der Waals surface area contributed by atoms with E-state index in [2.05, 4.69) is 13.8 Å². The second-order valence-electron chi connectivity index (χ2n) is 10.4. The van der Waals surface area contributed by atoms with E-state index in [1.807, 2.05) is 6.92 Å². The summed E-state index contributed by atoms with van der Waals surface area (Å²) >= 11 is 0. The van der Waals surface area contributed by atoms with Gasteiger partial charge in [0, 0.05) is 33.5 Å². The third-order valence-electron chi connectivity index (χ3n) is 9.99. The zero-order valence-electron chi connectivity index (χ0n) is 17.2. The molecule has 26 heavy (non-hydrogen) atoms. The van der Waals surface area contributed by atoms with Gasteiger partial charge in [0.15, 0.2) is 5.79 Å². The predicted molar refractivity (Wildman–Crippen MR) is 99.6 cm³/mol. The maximum Gasteiger partial charge on any atom is 0.168 e. The van der Waals surface area contributed by atoms with Gasteiger partial charge < -0.3 is 14.6 Å². The van der Waals surface area contributed by atoms with Crippen molar-refractivity contribution < 1.29 is 19.4 Å². The largest absolute Gasteiger partial charge is 0.389 e. The fourth-order valence-electron chi connectivity index (χ4n) is 7.78. The van der Waals surface area contributed by atoms with Crippen LogP contribution in [0, 0.1) is 28.1 Å². The van der Waals surface area contributed by atoms with Crippen LogP contribution in [0.4, 0.5) is 0 Å². The van der Waals surface area contributed by atoms with E-state index in [4.69, 9.17) is 9.47 Å². The first-order chi connectivity index (χ1) is 12.1. The zero-order valence-corrected chi connectivity index (χ0v) is 17.2. The van der Waals surface area contributed by atoms with E-state index >= 15 is 0 Å². The van der Waals surface area contributed by atoms with Crippen LogP contribution in [0.2, 0.25) is 0 Å². The minimum atomic E-state index is -0.797. The number of ketones is 1. The minimum absolute atomic E-state index is 0.144. The Hall–Kier alpha value is -0.450. The number of rotatable bonds is 2. The normalized spacial score (nSPS) is 52.9. The molecular weight excluding hydrogens is 328 g/mol. The number of carbonyl (C=O) groups is 1. The molecule has 4 saturated carbocycles. The van der Waals surface area contributed by atoms with Crippen molar-refractivity contribution in [1.29, 1.82) is 0 Å². The van der Waals surface area contributed by atoms with Crippen LogP contribution in [0.1, 0.15) is 78.6 Å². The Morgan fingerprint density at radius 3 is 2.23 bits per heavy atom. The number of Topliss-reactive ketones (excluding diaryl/α,β-unsaturated/α-hetero) is 1. The Bertz CT molecular complexity index is 613. The van der Waals surface area contributed by atoms with Crippen LogP contribution in [0.15, 0.2) is 0 Å². The molecule has 1 N–H and O–H groups in total. The molecular formula is C22H36O4. The van der Waals surface area contributed by atoms with Crippen molar-refractivity contribution >= 4 is 5.78 Å². The first-order valence-corrected chi connectivity index (χ1v) is 10.5. The molecule has 6 atom stereocenters. The molecule has 4 fully saturated rings. The van der Waals surface area contributed by atoms with E-state index in [1.165, 1.54) is 0 Å². The highest BCUT2D eigenvalue weighted by Gasteiger charge is 2.70. The number of methoxy groups -OCH3 is 2. The van der Waals surface area contributed by atoms with E-state index in [0.29, 0.717) is 24.5 Å². The van der Waals surface area contributed by atoms with Crippen LogP contribution in [-0.4, -0.2) is 36.5 Å². The fourth-order valence-corrected chi connectivity index (χ4v) is 7.78. The SMILES string of the molecule is COC1(OC)CC[C@@]2(C)[C@@H]3CC[C@@]4(C)C(=O)CC[C@@]4(O)[C@H]3CC[C@@]2(C)C1. The first-order valence-electron chi connectivity index (χ1n) is 10.5. The van der Waals surface area contributed by atoms with E-state index in [-0.39, 0.29) is 16.7 Å². The monoisotopic (exact) mass is 364 g/mol. The van der Waals surface area contributed by atoms with Gasteiger partial charge in [-0.25, -0.2) is 0 Å². The highest BCUT2D eigenvalue weighted by molar-refractivity contribution is 5.88. The van der Waals surface area contributed by atoms with E-state index in [9.17, 15) is 9.90 Å². The van der Waals surface area contributed by atoms with Gasteiger partial charge in [-0.2, -0.15) is 0 Å². The third-order valence-corrected chi connectivity index (χ3v) is 9.99. The maximum absolute atomic E-state index is 12.6. The van der Waals surface area contributed by atoms with Gasteiger partial charge in [-0.3, -0.25) is 4.79 Å². The van der Waals surface area contributed by atoms with Gasteiger partial charge in [0.25, 0.3) is 0 Å². The summed E-state index contributed by atoms with van der Waals surface area (Å²) in [5, 5.41) is 11.7. The average molecular weight is 365 g/mol. The second kappa shape index (κ2) is 5.55. The van der Waals surface area contributed by atoms with Crippen molar-refractivity contribution in [3.63, 3.8) is 0 Å². The molecule has 0 unspecified atom stereocenters. The lowest BCUT2D eigenvalue weighted by Crippen LogP contribution is -2.65. The molecule has 148 valence electrons. The molecule has 0 spiro atoms. The highest BCUT2D eigenvalue weighted by atomic mass is 16.7. The molecule has 0 aromatic rings. The molecule has 0 aromatic carbocycles. The van der Waals surface area contributed by atoms with E-state index in [0.717, 1.165) is 44.9 Å². The van der Waals surface area contributed by atoms with Gasteiger partial charge in [0.05, 0.1) is 11.0 Å². The van der Waals surface area contributed by atoms with Gasteiger partial charge >= 0.3 is 0 Å². The Labute approximate surface area is 158 Å². The quantitative estimate of drug-likeness (QED) is 0.750. The lowest BCUT2D eigenvalue weighted by molar-refractivity contribution is -0.291. The number of hydrogen-bond donors (Lipinski definition) is 1. The smallest absolute Gasteiger partial charge is 0.168 e. The summed E-state index contributed by atoms with van der Waals surface area (Å²) in [5.41, 5.74) is -1.01. The second-order valence-corrected chi connectivity index (χ2v) is 10.4. The molecule has 4 nitrogen and oxygen atoms in total. The van der Waals surface area contributed by atoms with Crippen molar-refractivity contribution in [2.45, 2.75) is 89.9 Å². The molecule has 0 saturated heterocycles. The molecule has 0 aromatic heterocycles. The van der Waals surface area contributed by atoms with Crippen molar-refractivity contribution in [2.75, 3.05) is 14.2 Å². The standard InChI is InChI=1S/C22H36O4/c1-18-9-6-16-15(7-10-20(3)17(23)8-11-22(16,20)24)19(18,2)12-13-21(14-18,25-4)26-5/h15-16,24H,6-14H2,1-5H3/t15-,16+,18+,19+,20+,22-/m1/s1. The number of hydrogen-bond acceptors (Lipinski definition) is 4. The average Bonchev–Trinajstić information content (AvgIpc) is 2.86. The molecule has 0 bridgehead atoms. The molecule has 4 aliphatic carbocycles. The predicted octanol–water partition coefficient (Wildman–Crippen LogP) is 4.09. The molecule has 0 amide bonds. The summed E-state index contributed by atoms with van der Waals surface area (Å²) in [6, 6.07) is 0. The van der Waals surface area contributed by atoms with Crippen LogP contribution in [0.5, 0.6) is 0 Å². The van der Waals surface area contributed by atoms with Crippen molar-refractivity contribution in [1.82, 2.24) is 0 Å². The summed E-state index contributed by atoms with van der Waals surface area (Å²) in [6.45, 7) is 6.89. The Kier molecular flexibility index (Phi) is 4.03. The zero-order chi connectivity index (χ0) is 19.0. The maximum atomic E-state index is 12.6. The molecule has 0 aliphatic heterocycles. The number of fused-ring (bicyclic) bond motifs is 5. The Balaban J connectivity index is 1.70.